The van der Waals surface area contributed by atoms with Gasteiger partial charge in [-0.1, -0.05) is 26.2 Å². The van der Waals surface area contributed by atoms with E-state index < -0.39 is 11.9 Å². The normalized spacial score (nSPS) is 10.4. The molecule has 1 aromatic heterocycles. The van der Waals surface area contributed by atoms with Gasteiger partial charge < -0.3 is 15.1 Å². The Morgan fingerprint density at radius 2 is 2.00 bits per heavy atom. The number of aromatic nitrogens is 1. The van der Waals surface area contributed by atoms with Crippen molar-refractivity contribution in [1.29, 1.82) is 0 Å². The van der Waals surface area contributed by atoms with Gasteiger partial charge in [-0.3, -0.25) is 9.78 Å². The molecule has 0 bridgehead atoms. The molecule has 0 aliphatic heterocycles. The number of unbranched alkanes of at least 4 members (excludes halogenated alkanes) is 3. The number of amides is 1. The molecule has 1 amide bonds. The highest BCUT2D eigenvalue weighted by molar-refractivity contribution is 6.03. The van der Waals surface area contributed by atoms with Crippen molar-refractivity contribution in [2.45, 2.75) is 32.6 Å². The molecule has 0 aromatic carbocycles. The van der Waals surface area contributed by atoms with Crippen LogP contribution in [0.2, 0.25) is 0 Å². The van der Waals surface area contributed by atoms with Crippen LogP contribution >= 0.6 is 0 Å². The molecule has 0 aliphatic carbocycles. The molecular weight excluding hydrogens is 272 g/mol. The summed E-state index contributed by atoms with van der Waals surface area (Å²) >= 11 is 0. The second-order valence-corrected chi connectivity index (χ2v) is 4.78. The van der Waals surface area contributed by atoms with E-state index in [9.17, 15) is 9.59 Å². The Kier molecular flexibility index (Phi) is 7.39. The fourth-order valence-corrected chi connectivity index (χ4v) is 2.06. The number of pyridine rings is 1. The number of carboxylic acid groups (broad SMARTS) is 1. The van der Waals surface area contributed by atoms with Gasteiger partial charge in [0, 0.05) is 19.3 Å². The van der Waals surface area contributed by atoms with E-state index in [-0.39, 0.29) is 24.4 Å². The van der Waals surface area contributed by atoms with Crippen LogP contribution in [0.15, 0.2) is 18.3 Å². The number of nitrogens with zero attached hydrogens (tertiary/aromatic N) is 2. The maximum Gasteiger partial charge on any atom is 0.338 e. The number of hydrogen-bond donors (Lipinski definition) is 2. The third kappa shape index (κ3) is 5.15. The Morgan fingerprint density at radius 1 is 1.24 bits per heavy atom. The minimum Gasteiger partial charge on any atom is -0.478 e. The van der Waals surface area contributed by atoms with Crippen LogP contribution in [0, 0.1) is 0 Å². The van der Waals surface area contributed by atoms with Crippen molar-refractivity contribution in [2.75, 3.05) is 19.7 Å². The van der Waals surface area contributed by atoms with Gasteiger partial charge in [0.15, 0.2) is 0 Å². The molecule has 0 saturated carbocycles. The quantitative estimate of drug-likeness (QED) is 0.678. The van der Waals surface area contributed by atoms with Crippen LogP contribution in [-0.2, 0) is 0 Å². The van der Waals surface area contributed by atoms with Crippen LogP contribution in [0.1, 0.15) is 53.5 Å². The van der Waals surface area contributed by atoms with Gasteiger partial charge in [-0.25, -0.2) is 4.79 Å². The summed E-state index contributed by atoms with van der Waals surface area (Å²) in [6, 6.07) is 2.84. The van der Waals surface area contributed by atoms with E-state index >= 15 is 0 Å². The van der Waals surface area contributed by atoms with E-state index in [0.717, 1.165) is 25.7 Å². The first-order chi connectivity index (χ1) is 10.1. The predicted molar refractivity (Wildman–Crippen MR) is 78.3 cm³/mol. The molecule has 2 N–H and O–H groups in total. The first-order valence-electron chi connectivity index (χ1n) is 7.20. The van der Waals surface area contributed by atoms with E-state index in [1.54, 1.807) is 0 Å². The Balaban J connectivity index is 2.83. The van der Waals surface area contributed by atoms with Crippen LogP contribution in [0.5, 0.6) is 0 Å². The Morgan fingerprint density at radius 3 is 2.62 bits per heavy atom. The van der Waals surface area contributed by atoms with Crippen molar-refractivity contribution in [2.24, 2.45) is 0 Å². The van der Waals surface area contributed by atoms with Crippen LogP contribution in [0.3, 0.4) is 0 Å². The van der Waals surface area contributed by atoms with Crippen LogP contribution in [0.25, 0.3) is 0 Å². The lowest BCUT2D eigenvalue weighted by atomic mass is 10.1. The van der Waals surface area contributed by atoms with Crippen LogP contribution < -0.4 is 0 Å². The molecule has 0 atom stereocenters. The van der Waals surface area contributed by atoms with E-state index in [0.29, 0.717) is 6.54 Å². The summed E-state index contributed by atoms with van der Waals surface area (Å²) in [4.78, 5) is 28.9. The first-order valence-corrected chi connectivity index (χ1v) is 7.20. The highest BCUT2D eigenvalue weighted by Crippen LogP contribution is 2.10. The van der Waals surface area contributed by atoms with Gasteiger partial charge in [0.25, 0.3) is 5.91 Å². The summed E-state index contributed by atoms with van der Waals surface area (Å²) in [5, 5.41) is 18.2. The van der Waals surface area contributed by atoms with Crippen molar-refractivity contribution in [3.05, 3.63) is 29.6 Å². The van der Waals surface area contributed by atoms with Gasteiger partial charge in [-0.05, 0) is 18.6 Å². The van der Waals surface area contributed by atoms with Crippen molar-refractivity contribution < 1.29 is 19.8 Å². The average molecular weight is 294 g/mol. The van der Waals surface area contributed by atoms with Crippen molar-refractivity contribution >= 4 is 11.9 Å². The van der Waals surface area contributed by atoms with Crippen molar-refractivity contribution in [3.63, 3.8) is 0 Å². The topological polar surface area (TPSA) is 90.7 Å². The lowest BCUT2D eigenvalue weighted by Gasteiger charge is -2.22. The highest BCUT2D eigenvalue weighted by atomic mass is 16.4. The Labute approximate surface area is 124 Å². The van der Waals surface area contributed by atoms with Gasteiger partial charge in [0.2, 0.25) is 0 Å². The number of aromatic carboxylic acids is 1. The van der Waals surface area contributed by atoms with Crippen molar-refractivity contribution in [1.82, 2.24) is 9.88 Å². The molecule has 0 radical (unpaired) electrons. The highest BCUT2D eigenvalue weighted by Gasteiger charge is 2.22. The van der Waals surface area contributed by atoms with Gasteiger partial charge in [-0.2, -0.15) is 0 Å². The number of hydrogen-bond acceptors (Lipinski definition) is 4. The lowest BCUT2D eigenvalue weighted by Crippen LogP contribution is -2.36. The smallest absolute Gasteiger partial charge is 0.338 e. The third-order valence-electron chi connectivity index (χ3n) is 3.18. The molecule has 1 aromatic rings. The second kappa shape index (κ2) is 9.07. The molecule has 0 unspecified atom stereocenters. The molecule has 0 spiro atoms. The standard InChI is InChI=1S/C15H22N2O4/c1-2-3-4-5-9-17(10-11-18)14(19)13-12(15(20)21)7-6-8-16-13/h6-8,18H,2-5,9-11H2,1H3,(H,20,21). The number of carbonyl (C=O) groups is 2. The first kappa shape index (κ1) is 17.1. The van der Waals surface area contributed by atoms with E-state index in [1.165, 1.54) is 23.2 Å². The van der Waals surface area contributed by atoms with E-state index in [2.05, 4.69) is 11.9 Å². The molecule has 6 nitrogen and oxygen atoms in total. The number of carboxylic acids is 1. The van der Waals surface area contributed by atoms with E-state index in [4.69, 9.17) is 10.2 Å². The SMILES string of the molecule is CCCCCCN(CCO)C(=O)c1ncccc1C(=O)O. The third-order valence-corrected chi connectivity index (χ3v) is 3.18. The maximum atomic E-state index is 12.4. The zero-order chi connectivity index (χ0) is 15.7. The van der Waals surface area contributed by atoms with E-state index in [1.807, 2.05) is 0 Å². The van der Waals surface area contributed by atoms with Gasteiger partial charge in [0.05, 0.1) is 12.2 Å². The minimum atomic E-state index is -1.18. The molecule has 0 aliphatic rings. The number of carbonyl (C=O) groups excluding carboxylic acids is 1. The second-order valence-electron chi connectivity index (χ2n) is 4.78. The van der Waals surface area contributed by atoms with Crippen molar-refractivity contribution in [3.8, 4) is 0 Å². The number of aliphatic hydroxyl groups is 1. The summed E-state index contributed by atoms with van der Waals surface area (Å²) < 4.78 is 0. The monoisotopic (exact) mass is 294 g/mol. The van der Waals surface area contributed by atoms with Crippen LogP contribution in [-0.4, -0.2) is 51.7 Å². The maximum absolute atomic E-state index is 12.4. The fraction of sp³-hybridized carbons (Fsp3) is 0.533. The molecular formula is C15H22N2O4. The largest absolute Gasteiger partial charge is 0.478 e. The average Bonchev–Trinajstić information content (AvgIpc) is 2.49. The summed E-state index contributed by atoms with van der Waals surface area (Å²) in [5.74, 6) is -1.63. The Hall–Kier alpha value is -1.95. The number of aliphatic hydroxyl groups excluding tert-OH is 1. The zero-order valence-corrected chi connectivity index (χ0v) is 12.3. The molecule has 116 valence electrons. The lowest BCUT2D eigenvalue weighted by molar-refractivity contribution is 0.0661. The van der Waals surface area contributed by atoms with Gasteiger partial charge >= 0.3 is 5.97 Å². The minimum absolute atomic E-state index is 0.0751. The fourth-order valence-electron chi connectivity index (χ4n) is 2.06. The van der Waals surface area contributed by atoms with Crippen LogP contribution in [0.4, 0.5) is 0 Å². The summed E-state index contributed by atoms with van der Waals surface area (Å²) in [6.45, 7) is 2.62. The Bertz CT molecular complexity index is 476. The summed E-state index contributed by atoms with van der Waals surface area (Å²) in [6.07, 6.45) is 5.41. The molecule has 1 rings (SSSR count). The molecule has 0 fully saturated rings. The van der Waals surface area contributed by atoms with Gasteiger partial charge in [-0.15, -0.1) is 0 Å². The molecule has 1 heterocycles. The molecule has 0 saturated heterocycles. The zero-order valence-electron chi connectivity index (χ0n) is 12.3. The number of rotatable bonds is 9. The predicted octanol–water partition coefficient (Wildman–Crippen LogP) is 1.79. The van der Waals surface area contributed by atoms with Gasteiger partial charge in [0.1, 0.15) is 5.69 Å². The summed E-state index contributed by atoms with van der Waals surface area (Å²) in [7, 11) is 0. The molecule has 21 heavy (non-hydrogen) atoms. The summed E-state index contributed by atoms with van der Waals surface area (Å²) in [5.41, 5.74) is -0.187. The molecule has 6 heteroatoms.